The summed E-state index contributed by atoms with van der Waals surface area (Å²) in [5.74, 6) is 1.41. The molecule has 1 aliphatic rings. The van der Waals surface area contributed by atoms with Crippen LogP contribution in [-0.2, 0) is 5.54 Å². The minimum Gasteiger partial charge on any atom is -0.497 e. The fraction of sp³-hybridized carbons (Fsp3) is 0.429. The normalized spacial score (nSPS) is 15.8. The van der Waals surface area contributed by atoms with Gasteiger partial charge in [0.15, 0.2) is 5.82 Å². The molecule has 0 unspecified atom stereocenters. The van der Waals surface area contributed by atoms with Gasteiger partial charge in [-0.2, -0.15) is 0 Å². The van der Waals surface area contributed by atoms with Crippen molar-refractivity contribution >= 4 is 16.6 Å². The molecular weight excluding hydrogens is 466 g/mol. The number of aryl methyl sites for hydroxylation is 2. The molecule has 0 spiro atoms. The van der Waals surface area contributed by atoms with Gasteiger partial charge in [-0.25, -0.2) is 4.68 Å². The van der Waals surface area contributed by atoms with Gasteiger partial charge in [0.2, 0.25) is 0 Å². The molecule has 2 aromatic heterocycles. The van der Waals surface area contributed by atoms with E-state index in [0.29, 0.717) is 11.4 Å². The maximum atomic E-state index is 13.5. The molecule has 0 bridgehead atoms. The van der Waals surface area contributed by atoms with Crippen LogP contribution < -0.4 is 15.2 Å². The first-order valence-electron chi connectivity index (χ1n) is 12.7. The van der Waals surface area contributed by atoms with E-state index in [9.17, 15) is 4.79 Å². The van der Waals surface area contributed by atoms with Crippen LogP contribution in [0.1, 0.15) is 49.3 Å². The van der Waals surface area contributed by atoms with Gasteiger partial charge in [-0.1, -0.05) is 12.1 Å². The molecule has 0 aliphatic carbocycles. The summed E-state index contributed by atoms with van der Waals surface area (Å²) in [7, 11) is 1.64. The molecule has 9 heteroatoms. The molecule has 5 rings (SSSR count). The number of methoxy groups -OCH3 is 1. The van der Waals surface area contributed by atoms with Gasteiger partial charge in [0.1, 0.15) is 11.8 Å². The number of tetrazole rings is 1. The number of nitrogens with zero attached hydrogens (tertiary/aromatic N) is 6. The minimum atomic E-state index is -0.394. The molecule has 0 saturated carbocycles. The summed E-state index contributed by atoms with van der Waals surface area (Å²) in [4.78, 5) is 21.3. The van der Waals surface area contributed by atoms with Gasteiger partial charge in [0.05, 0.1) is 12.6 Å². The second-order valence-corrected chi connectivity index (χ2v) is 10.8. The zero-order valence-electron chi connectivity index (χ0n) is 22.4. The first-order chi connectivity index (χ1) is 17.7. The molecule has 9 nitrogen and oxygen atoms in total. The molecule has 0 amide bonds. The van der Waals surface area contributed by atoms with Crippen molar-refractivity contribution in [3.8, 4) is 5.75 Å². The lowest BCUT2D eigenvalue weighted by atomic mass is 10.0. The average Bonchev–Trinajstić information content (AvgIpc) is 3.36. The topological polar surface area (TPSA) is 92.2 Å². The molecule has 37 heavy (non-hydrogen) atoms. The molecule has 3 heterocycles. The van der Waals surface area contributed by atoms with Crippen molar-refractivity contribution in [1.29, 1.82) is 0 Å². The van der Waals surface area contributed by atoms with E-state index in [1.54, 1.807) is 7.11 Å². The molecule has 0 radical (unpaired) electrons. The van der Waals surface area contributed by atoms with Crippen LogP contribution in [0.15, 0.2) is 47.3 Å². The standard InChI is InChI=1S/C28H35N7O2/c1-18-7-8-19(2)24(15-18)33-11-13-34(14-12-33)25(26-30-31-32-35(26)28(3,4)5)22-17-20-16-21(37-6)9-10-23(20)29-27(22)36/h7-10,15-17,25H,11-14H2,1-6H3,(H,29,36)/t25-/m1/s1. The highest BCUT2D eigenvalue weighted by Crippen LogP contribution is 2.32. The van der Waals surface area contributed by atoms with Crippen LogP contribution in [0.25, 0.3) is 10.9 Å². The van der Waals surface area contributed by atoms with E-state index < -0.39 is 6.04 Å². The Hall–Kier alpha value is -3.72. The van der Waals surface area contributed by atoms with Crippen LogP contribution in [0, 0.1) is 13.8 Å². The Kier molecular flexibility index (Phi) is 6.49. The van der Waals surface area contributed by atoms with Crippen LogP contribution in [0.2, 0.25) is 0 Å². The highest BCUT2D eigenvalue weighted by atomic mass is 16.5. The number of ether oxygens (including phenoxy) is 1. The predicted octanol–water partition coefficient (Wildman–Crippen LogP) is 3.81. The Morgan fingerprint density at radius 2 is 1.76 bits per heavy atom. The van der Waals surface area contributed by atoms with Crippen molar-refractivity contribution in [2.75, 3.05) is 38.2 Å². The zero-order chi connectivity index (χ0) is 26.3. The summed E-state index contributed by atoms with van der Waals surface area (Å²) in [6.45, 7) is 13.7. The van der Waals surface area contributed by atoms with Gasteiger partial charge in [0.25, 0.3) is 5.56 Å². The average molecular weight is 502 g/mol. The molecule has 4 aromatic rings. The summed E-state index contributed by atoms with van der Waals surface area (Å²) in [6.07, 6.45) is 0. The third kappa shape index (κ3) is 4.83. The largest absolute Gasteiger partial charge is 0.497 e. The SMILES string of the molecule is COc1ccc2[nH]c(=O)c([C@H](c3nnnn3C(C)(C)C)N3CCN(c4cc(C)ccc4C)CC3)cc2c1. The van der Waals surface area contributed by atoms with Gasteiger partial charge in [0, 0.05) is 48.3 Å². The number of fused-ring (bicyclic) bond motifs is 1. The summed E-state index contributed by atoms with van der Waals surface area (Å²) in [5, 5.41) is 13.7. The number of hydrogen-bond acceptors (Lipinski definition) is 7. The second kappa shape index (κ2) is 9.63. The molecule has 1 saturated heterocycles. The molecule has 1 fully saturated rings. The molecule has 194 valence electrons. The Bertz CT molecular complexity index is 1480. The minimum absolute atomic E-state index is 0.136. The van der Waals surface area contributed by atoms with Crippen molar-refractivity contribution in [3.05, 3.63) is 75.3 Å². The first-order valence-corrected chi connectivity index (χ1v) is 12.7. The predicted molar refractivity (Wildman–Crippen MR) is 145 cm³/mol. The fourth-order valence-corrected chi connectivity index (χ4v) is 5.15. The van der Waals surface area contributed by atoms with Gasteiger partial charge < -0.3 is 14.6 Å². The van der Waals surface area contributed by atoms with Gasteiger partial charge >= 0.3 is 0 Å². The highest BCUT2D eigenvalue weighted by Gasteiger charge is 2.35. The van der Waals surface area contributed by atoms with Crippen molar-refractivity contribution in [1.82, 2.24) is 30.1 Å². The maximum Gasteiger partial charge on any atom is 0.253 e. The Balaban J connectivity index is 1.56. The third-order valence-corrected chi connectivity index (χ3v) is 7.13. The van der Waals surface area contributed by atoms with Crippen molar-refractivity contribution in [2.24, 2.45) is 0 Å². The lowest BCUT2D eigenvalue weighted by molar-refractivity contribution is 0.190. The number of pyridine rings is 1. The number of rotatable bonds is 5. The second-order valence-electron chi connectivity index (χ2n) is 10.8. The number of nitrogens with one attached hydrogen (secondary N) is 1. The van der Waals surface area contributed by atoms with E-state index >= 15 is 0 Å². The third-order valence-electron chi connectivity index (χ3n) is 7.13. The number of anilines is 1. The molecule has 1 N–H and O–H groups in total. The Morgan fingerprint density at radius 1 is 1.00 bits per heavy atom. The number of benzene rings is 2. The summed E-state index contributed by atoms with van der Waals surface area (Å²) < 4.78 is 7.27. The summed E-state index contributed by atoms with van der Waals surface area (Å²) in [6, 6.07) is 13.8. The van der Waals surface area contributed by atoms with Crippen LogP contribution in [0.3, 0.4) is 0 Å². The number of aromatic nitrogens is 5. The molecular formula is C28H35N7O2. The van der Waals surface area contributed by atoms with Crippen molar-refractivity contribution in [3.63, 3.8) is 0 Å². The smallest absolute Gasteiger partial charge is 0.253 e. The first kappa shape index (κ1) is 25.0. The summed E-state index contributed by atoms with van der Waals surface area (Å²) >= 11 is 0. The number of piperazine rings is 1. The van der Waals surface area contributed by atoms with Gasteiger partial charge in [-0.15, -0.1) is 5.10 Å². The van der Waals surface area contributed by atoms with Crippen LogP contribution in [-0.4, -0.2) is 63.4 Å². The fourth-order valence-electron chi connectivity index (χ4n) is 5.15. The van der Waals surface area contributed by atoms with Crippen molar-refractivity contribution < 1.29 is 4.74 Å². The quantitative estimate of drug-likeness (QED) is 0.445. The van der Waals surface area contributed by atoms with Gasteiger partial charge in [-0.3, -0.25) is 9.69 Å². The zero-order valence-corrected chi connectivity index (χ0v) is 22.4. The maximum absolute atomic E-state index is 13.5. The molecule has 2 aromatic carbocycles. The van der Waals surface area contributed by atoms with E-state index in [2.05, 4.69) is 83.1 Å². The Labute approximate surface area is 217 Å². The van der Waals surface area contributed by atoms with E-state index in [4.69, 9.17) is 4.74 Å². The lowest BCUT2D eigenvalue weighted by Gasteiger charge is -2.40. The monoisotopic (exact) mass is 501 g/mol. The van der Waals surface area contributed by atoms with Gasteiger partial charge in [-0.05, 0) is 86.5 Å². The van der Waals surface area contributed by atoms with Crippen LogP contribution in [0.5, 0.6) is 5.75 Å². The Morgan fingerprint density at radius 3 is 2.46 bits per heavy atom. The van der Waals surface area contributed by atoms with E-state index in [0.717, 1.165) is 42.8 Å². The van der Waals surface area contributed by atoms with E-state index in [1.165, 1.54) is 16.8 Å². The number of hydrogen-bond donors (Lipinski definition) is 1. The molecule has 1 atom stereocenters. The van der Waals surface area contributed by atoms with Crippen LogP contribution in [0.4, 0.5) is 5.69 Å². The van der Waals surface area contributed by atoms with E-state index in [-0.39, 0.29) is 11.1 Å². The number of aromatic amines is 1. The highest BCUT2D eigenvalue weighted by molar-refractivity contribution is 5.80. The van der Waals surface area contributed by atoms with Crippen molar-refractivity contribution in [2.45, 2.75) is 46.2 Å². The molecule has 1 aliphatic heterocycles. The van der Waals surface area contributed by atoms with E-state index in [1.807, 2.05) is 28.9 Å². The number of H-pyrrole nitrogens is 1. The lowest BCUT2D eigenvalue weighted by Crippen LogP contribution is -2.49. The summed E-state index contributed by atoms with van der Waals surface area (Å²) in [5.41, 5.74) is 4.71. The van der Waals surface area contributed by atoms with Crippen LogP contribution >= 0.6 is 0 Å².